The maximum absolute atomic E-state index is 14.5. The molecule has 0 amide bonds. The molecule has 0 fully saturated rings. The van der Waals surface area contributed by atoms with Crippen molar-refractivity contribution < 1.29 is 47.3 Å². The maximum atomic E-state index is 14.5. The number of benzene rings is 16. The summed E-state index contributed by atoms with van der Waals surface area (Å²) < 4.78 is 66.9. The molecule has 0 N–H and O–H groups in total. The van der Waals surface area contributed by atoms with Gasteiger partial charge in [-0.2, -0.15) is 0 Å². The van der Waals surface area contributed by atoms with Crippen molar-refractivity contribution in [1.82, 2.24) is 38.2 Å². The topological polar surface area (TPSA) is 105 Å². The van der Waals surface area contributed by atoms with Crippen molar-refractivity contribution in [2.45, 2.75) is 20.3 Å². The van der Waals surface area contributed by atoms with Crippen LogP contribution in [-0.4, -0.2) is 49.8 Å². The molecule has 0 saturated heterocycles. The minimum atomic E-state index is -0.668. The van der Waals surface area contributed by atoms with E-state index < -0.39 is 23.3 Å². The molecule has 0 unspecified atom stereocenters. The maximum Gasteiger partial charge on any atom is 3.00 e. The van der Waals surface area contributed by atoms with Gasteiger partial charge in [-0.1, -0.05) is 179 Å². The first-order chi connectivity index (χ1) is 54.3. The zero-order valence-corrected chi connectivity index (χ0v) is 62.2. The molecule has 22 rings (SSSR count). The third kappa shape index (κ3) is 11.4. The van der Waals surface area contributed by atoms with E-state index in [0.29, 0.717) is 44.6 Å². The summed E-state index contributed by atoms with van der Waals surface area (Å²) in [5.41, 5.74) is 16.4. The van der Waals surface area contributed by atoms with Gasteiger partial charge in [-0.25, -0.2) is 17.6 Å². The predicted molar refractivity (Wildman–Crippen MR) is 441 cm³/mol. The van der Waals surface area contributed by atoms with Crippen molar-refractivity contribution in [3.8, 4) is 45.3 Å². The molecule has 0 spiro atoms. The summed E-state index contributed by atoms with van der Waals surface area (Å²) in [6.45, 7) is 2.81. The number of nitrogens with zero attached hydrogens (tertiary/aromatic N) is 8. The molecule has 0 bridgehead atoms. The molecule has 6 aromatic heterocycles. The Balaban J connectivity index is 0.000000138. The van der Waals surface area contributed by atoms with Gasteiger partial charge in [-0.3, -0.25) is 19.6 Å². The molecule has 112 heavy (non-hydrogen) atoms. The number of halogens is 4. The Morgan fingerprint density at radius 1 is 0.295 bits per heavy atom. The van der Waals surface area contributed by atoms with E-state index in [9.17, 15) is 27.2 Å². The Morgan fingerprint density at radius 2 is 0.562 bits per heavy atom. The minimum absolute atomic E-state index is 0. The van der Waals surface area contributed by atoms with Gasteiger partial charge in [0.2, 0.25) is 0 Å². The molecule has 0 atom stereocenters. The molecule has 22 aromatic rings. The molecule has 0 aliphatic rings. The Bertz CT molecular complexity index is 7020. The monoisotopic (exact) mass is 1640 g/mol. The summed E-state index contributed by atoms with van der Waals surface area (Å²) in [6, 6.07) is 103. The number of aromatic nitrogens is 8. The summed E-state index contributed by atoms with van der Waals surface area (Å²) in [6.07, 6.45) is 3.28. The van der Waals surface area contributed by atoms with Gasteiger partial charge < -0.3 is 28.2 Å². The van der Waals surface area contributed by atoms with Gasteiger partial charge in [-0.15, -0.1) is 47.2 Å². The smallest absolute Gasteiger partial charge is 0.327 e. The molecule has 0 aliphatic heterocycles. The van der Waals surface area contributed by atoms with Gasteiger partial charge in [-0.05, 0) is 133 Å². The SMILES string of the molecule is CC(=O)CC(C)=O.Fc1cc(F)cc(-c2cnc3c4[c-]c(-n5c6ccccc6c6ccccc65)ccc4c4ccc(-n5c6ccccc6c6ccccc65)cc4c3n2)c1.Fc1cc(F)cc(-c2cnc3c4[c-]c(-n5c6ccccc6c6ccccc65)ccc4c4ccc(-n5c6ccccc6c6ccccc65)cc4c3n2)c1.[Ir+3]. The van der Waals surface area contributed by atoms with Crippen LogP contribution in [0.5, 0.6) is 0 Å². The number of rotatable bonds is 8. The number of fused-ring (bicyclic) bond motifs is 24. The fourth-order valence-electron chi connectivity index (χ4n) is 16.6. The van der Waals surface area contributed by atoms with E-state index >= 15 is 0 Å². The van der Waals surface area contributed by atoms with Crippen LogP contribution >= 0.6 is 0 Å². The van der Waals surface area contributed by atoms with Crippen LogP contribution in [-0.2, 0) is 29.7 Å². The summed E-state index contributed by atoms with van der Waals surface area (Å²) in [5, 5.41) is 16.7. The first kappa shape index (κ1) is 68.7. The molecular weight excluding hydrogens is 1580 g/mol. The second-order valence-electron chi connectivity index (χ2n) is 28.0. The Morgan fingerprint density at radius 3 is 0.839 bits per heavy atom. The van der Waals surface area contributed by atoms with E-state index in [1.54, 1.807) is 12.4 Å². The number of para-hydroxylation sites is 8. The van der Waals surface area contributed by atoms with E-state index in [0.717, 1.165) is 122 Å². The van der Waals surface area contributed by atoms with Crippen LogP contribution in [0.1, 0.15) is 20.3 Å². The summed E-state index contributed by atoms with van der Waals surface area (Å²) in [4.78, 5) is 40.3. The Labute approximate surface area is 649 Å². The van der Waals surface area contributed by atoms with Crippen molar-refractivity contribution in [3.05, 3.63) is 339 Å². The van der Waals surface area contributed by atoms with E-state index in [1.165, 1.54) is 81.2 Å². The van der Waals surface area contributed by atoms with E-state index in [2.05, 4.69) is 285 Å². The standard InChI is InChI=1S/2C46H25F2N4.C5H8O2.Ir/c2*47-28-21-27(22-29(48)23-28)40-26-49-45-38-24-30(51-41-13-5-1-9-34(41)35-10-2-6-14-42(35)51)17-19-32(38)33-20-18-31(25-39(33)46(45)50-40)52-43-15-7-3-11-36(43)37-12-4-8-16-44(37)52;1-4(6)3-5(2)7;/h2*1-23,25-26H;3H2,1-2H3;/q2*-1;;+3. The third-order valence-electron chi connectivity index (χ3n) is 21.1. The van der Waals surface area contributed by atoms with Crippen molar-refractivity contribution >= 4 is 164 Å². The van der Waals surface area contributed by atoms with Gasteiger partial charge in [0.15, 0.2) is 0 Å². The molecule has 6 heterocycles. The molecule has 10 nitrogen and oxygen atoms in total. The molecule has 16 aromatic carbocycles. The minimum Gasteiger partial charge on any atom is -0.327 e. The molecule has 534 valence electrons. The number of hydrogen-bond donors (Lipinski definition) is 0. The third-order valence-corrected chi connectivity index (χ3v) is 21.1. The van der Waals surface area contributed by atoms with Crippen molar-refractivity contribution in [2.75, 3.05) is 0 Å². The van der Waals surface area contributed by atoms with Gasteiger partial charge in [0.05, 0.1) is 73.0 Å². The van der Waals surface area contributed by atoms with E-state index in [-0.39, 0.29) is 38.1 Å². The number of carbonyl (C=O) groups is 2. The van der Waals surface area contributed by atoms with Crippen LogP contribution < -0.4 is 0 Å². The molecule has 0 aliphatic carbocycles. The fraction of sp³-hybridized carbons (Fsp3) is 0.0309. The Hall–Kier alpha value is -13.9. The van der Waals surface area contributed by atoms with Crippen molar-refractivity contribution in [1.29, 1.82) is 0 Å². The van der Waals surface area contributed by atoms with Crippen LogP contribution in [0, 0.1) is 35.4 Å². The average molecular weight is 1640 g/mol. The number of ketones is 2. The molecule has 0 radical (unpaired) electrons. The second kappa shape index (κ2) is 27.4. The number of Topliss-reactive ketones (excluding diaryl/α,β-unsaturated/α-hetero) is 2. The van der Waals surface area contributed by atoms with E-state index in [1.807, 2.05) is 0 Å². The predicted octanol–water partition coefficient (Wildman–Crippen LogP) is 24.3. The van der Waals surface area contributed by atoms with Gasteiger partial charge in [0.25, 0.3) is 0 Å². The Kier molecular flexibility index (Phi) is 16.8. The van der Waals surface area contributed by atoms with Gasteiger partial charge >= 0.3 is 20.1 Å². The summed E-state index contributed by atoms with van der Waals surface area (Å²) in [5.74, 6) is -2.80. The molecule has 0 saturated carbocycles. The van der Waals surface area contributed by atoms with Crippen LogP contribution in [0.25, 0.3) is 198 Å². The normalized spacial score (nSPS) is 11.7. The van der Waals surface area contributed by atoms with Crippen LogP contribution in [0.15, 0.2) is 304 Å². The van der Waals surface area contributed by atoms with Crippen molar-refractivity contribution in [3.63, 3.8) is 0 Å². The molecular formula is C97H58F4IrN8O2+. The first-order valence-electron chi connectivity index (χ1n) is 36.4. The average Bonchev–Trinajstić information content (AvgIpc) is 1.17. The van der Waals surface area contributed by atoms with Crippen molar-refractivity contribution in [2.24, 2.45) is 0 Å². The zero-order valence-electron chi connectivity index (χ0n) is 59.8. The quantitative estimate of drug-likeness (QED) is 0.0649. The van der Waals surface area contributed by atoms with Gasteiger partial charge in [0.1, 0.15) is 34.8 Å². The fourth-order valence-corrected chi connectivity index (χ4v) is 16.6. The van der Waals surface area contributed by atoms with Crippen LogP contribution in [0.3, 0.4) is 0 Å². The first-order valence-corrected chi connectivity index (χ1v) is 36.4. The zero-order chi connectivity index (χ0) is 74.9. The summed E-state index contributed by atoms with van der Waals surface area (Å²) >= 11 is 0. The van der Waals surface area contributed by atoms with Gasteiger partial charge in [0, 0.05) is 101 Å². The number of hydrogen-bond acceptors (Lipinski definition) is 6. The second-order valence-corrected chi connectivity index (χ2v) is 28.0. The van der Waals surface area contributed by atoms with E-state index in [4.69, 9.17) is 19.9 Å². The largest absolute Gasteiger partial charge is 3.00 e. The summed E-state index contributed by atoms with van der Waals surface area (Å²) in [7, 11) is 0. The molecule has 15 heteroatoms. The van der Waals surface area contributed by atoms with Crippen LogP contribution in [0.4, 0.5) is 17.6 Å². The number of carbonyl (C=O) groups excluding carboxylic acids is 2. The van der Waals surface area contributed by atoms with Crippen LogP contribution in [0.2, 0.25) is 0 Å².